The molecule has 2 aromatic carbocycles. The van der Waals surface area contributed by atoms with Crippen molar-refractivity contribution in [2.24, 2.45) is 0 Å². The molecule has 0 aliphatic rings. The predicted octanol–water partition coefficient (Wildman–Crippen LogP) is 4.21. The van der Waals surface area contributed by atoms with Gasteiger partial charge in [0.05, 0.1) is 5.56 Å². The fourth-order valence-corrected chi connectivity index (χ4v) is 2.47. The average molecular weight is 326 g/mol. The molecule has 0 spiro atoms. The molecule has 0 bridgehead atoms. The number of nitrogens with zero attached hydrogens (tertiary/aromatic N) is 1. The summed E-state index contributed by atoms with van der Waals surface area (Å²) >= 11 is 6.16. The van der Waals surface area contributed by atoms with Crippen LogP contribution in [0.25, 0.3) is 11.0 Å². The number of aryl methyl sites for hydroxylation is 1. The lowest BCUT2D eigenvalue weighted by molar-refractivity contribution is 0.305. The minimum Gasteiger partial charge on any atom is -0.487 e. The zero-order valence-corrected chi connectivity index (χ0v) is 13.1. The molecule has 0 aliphatic heterocycles. The van der Waals surface area contributed by atoms with Crippen molar-refractivity contribution >= 4 is 22.6 Å². The zero-order chi connectivity index (χ0) is 16.4. The van der Waals surface area contributed by atoms with Crippen LogP contribution in [0.3, 0.4) is 0 Å². The highest BCUT2D eigenvalue weighted by Gasteiger charge is 2.10. The Balaban J connectivity index is 2.01. The van der Waals surface area contributed by atoms with Crippen LogP contribution >= 0.6 is 11.6 Å². The van der Waals surface area contributed by atoms with Crippen LogP contribution in [0.2, 0.25) is 5.02 Å². The molecule has 0 fully saturated rings. The van der Waals surface area contributed by atoms with Gasteiger partial charge in [-0.05, 0) is 36.8 Å². The molecule has 4 nitrogen and oxygen atoms in total. The van der Waals surface area contributed by atoms with Crippen molar-refractivity contribution in [2.45, 2.75) is 13.5 Å². The second-order valence-corrected chi connectivity index (χ2v) is 5.49. The van der Waals surface area contributed by atoms with Crippen molar-refractivity contribution in [3.63, 3.8) is 0 Å². The van der Waals surface area contributed by atoms with E-state index in [2.05, 4.69) is 6.07 Å². The van der Waals surface area contributed by atoms with E-state index in [9.17, 15) is 4.79 Å². The van der Waals surface area contributed by atoms with E-state index in [1.165, 1.54) is 6.07 Å². The first-order valence-corrected chi connectivity index (χ1v) is 7.31. The van der Waals surface area contributed by atoms with Gasteiger partial charge in [0, 0.05) is 22.0 Å². The van der Waals surface area contributed by atoms with Crippen molar-refractivity contribution in [1.29, 1.82) is 5.26 Å². The van der Waals surface area contributed by atoms with Gasteiger partial charge in [-0.2, -0.15) is 5.26 Å². The van der Waals surface area contributed by atoms with Crippen molar-refractivity contribution < 1.29 is 9.15 Å². The molecule has 1 aromatic heterocycles. The summed E-state index contributed by atoms with van der Waals surface area (Å²) in [6.45, 7) is 1.98. The quantitative estimate of drug-likeness (QED) is 0.677. The van der Waals surface area contributed by atoms with Crippen LogP contribution in [-0.4, -0.2) is 0 Å². The Morgan fingerprint density at radius 3 is 2.83 bits per heavy atom. The van der Waals surface area contributed by atoms with Gasteiger partial charge < -0.3 is 9.15 Å². The standard InChI is InChI=1S/C18H12ClNO3/c1-11-6-17-14(8-15(11)19)13(7-18(21)23-17)10-22-16-5-3-2-4-12(16)9-20/h2-8H,10H2,1H3. The fourth-order valence-electron chi connectivity index (χ4n) is 2.31. The maximum absolute atomic E-state index is 11.7. The third kappa shape index (κ3) is 3.05. The molecular formula is C18H12ClNO3. The van der Waals surface area contributed by atoms with Crippen molar-refractivity contribution in [3.05, 3.63) is 74.6 Å². The summed E-state index contributed by atoms with van der Waals surface area (Å²) in [5.74, 6) is 0.467. The van der Waals surface area contributed by atoms with Gasteiger partial charge in [0.2, 0.25) is 0 Å². The molecule has 0 radical (unpaired) electrons. The Bertz CT molecular complexity index is 986. The highest BCUT2D eigenvalue weighted by molar-refractivity contribution is 6.32. The SMILES string of the molecule is Cc1cc2oc(=O)cc(COc3ccccc3C#N)c2cc1Cl. The zero-order valence-electron chi connectivity index (χ0n) is 12.3. The first-order chi connectivity index (χ1) is 11.1. The number of fused-ring (bicyclic) bond motifs is 1. The van der Waals surface area contributed by atoms with E-state index >= 15 is 0 Å². The molecule has 0 N–H and O–H groups in total. The Morgan fingerprint density at radius 2 is 2.04 bits per heavy atom. The average Bonchev–Trinajstić information content (AvgIpc) is 2.54. The number of hydrogen-bond donors (Lipinski definition) is 0. The van der Waals surface area contributed by atoms with Crippen LogP contribution in [0.15, 0.2) is 51.7 Å². The van der Waals surface area contributed by atoms with Gasteiger partial charge in [-0.25, -0.2) is 4.79 Å². The Hall–Kier alpha value is -2.77. The number of ether oxygens (including phenoxy) is 1. The fraction of sp³-hybridized carbons (Fsp3) is 0.111. The first kappa shape index (κ1) is 15.1. The summed E-state index contributed by atoms with van der Waals surface area (Å²) in [6, 6.07) is 13.9. The largest absolute Gasteiger partial charge is 0.487 e. The van der Waals surface area contributed by atoms with E-state index in [0.717, 1.165) is 10.9 Å². The molecule has 114 valence electrons. The number of halogens is 1. The molecule has 0 saturated heterocycles. The first-order valence-electron chi connectivity index (χ1n) is 6.93. The van der Waals surface area contributed by atoms with E-state index in [4.69, 9.17) is 26.0 Å². The Kier molecular flexibility index (Phi) is 4.05. The van der Waals surface area contributed by atoms with Gasteiger partial charge in [-0.15, -0.1) is 0 Å². The van der Waals surface area contributed by atoms with Crippen LogP contribution in [-0.2, 0) is 6.61 Å². The monoisotopic (exact) mass is 325 g/mol. The summed E-state index contributed by atoms with van der Waals surface area (Å²) in [4.78, 5) is 11.7. The molecule has 3 aromatic rings. The molecule has 3 rings (SSSR count). The third-order valence-electron chi connectivity index (χ3n) is 3.50. The van der Waals surface area contributed by atoms with Crippen LogP contribution in [0.4, 0.5) is 0 Å². The summed E-state index contributed by atoms with van der Waals surface area (Å²) in [6.07, 6.45) is 0. The number of benzene rings is 2. The van der Waals surface area contributed by atoms with Gasteiger partial charge in [0.1, 0.15) is 24.0 Å². The smallest absolute Gasteiger partial charge is 0.336 e. The molecular weight excluding hydrogens is 314 g/mol. The predicted molar refractivity (Wildman–Crippen MR) is 87.7 cm³/mol. The second-order valence-electron chi connectivity index (χ2n) is 5.08. The van der Waals surface area contributed by atoms with Gasteiger partial charge in [-0.3, -0.25) is 0 Å². The molecule has 0 unspecified atom stereocenters. The van der Waals surface area contributed by atoms with Gasteiger partial charge >= 0.3 is 5.63 Å². The summed E-state index contributed by atoms with van der Waals surface area (Å²) in [7, 11) is 0. The van der Waals surface area contributed by atoms with E-state index in [1.54, 1.807) is 36.4 Å². The molecule has 23 heavy (non-hydrogen) atoms. The summed E-state index contributed by atoms with van der Waals surface area (Å²) in [5, 5.41) is 10.4. The van der Waals surface area contributed by atoms with E-state index < -0.39 is 5.63 Å². The summed E-state index contributed by atoms with van der Waals surface area (Å²) < 4.78 is 10.9. The Morgan fingerprint density at radius 1 is 1.26 bits per heavy atom. The topological polar surface area (TPSA) is 63.2 Å². The van der Waals surface area contributed by atoms with Gasteiger partial charge in [0.25, 0.3) is 0 Å². The molecule has 0 aliphatic carbocycles. The minimum atomic E-state index is -0.452. The second kappa shape index (κ2) is 6.15. The molecule has 0 amide bonds. The number of nitriles is 1. The molecule has 1 heterocycles. The van der Waals surface area contributed by atoms with E-state index in [0.29, 0.717) is 27.5 Å². The lowest BCUT2D eigenvalue weighted by Gasteiger charge is -2.10. The van der Waals surface area contributed by atoms with Crippen LogP contribution < -0.4 is 10.4 Å². The Labute approximate surface area is 137 Å². The van der Waals surface area contributed by atoms with Crippen LogP contribution in [0.5, 0.6) is 5.75 Å². The molecule has 0 atom stereocenters. The molecule has 0 saturated carbocycles. The lowest BCUT2D eigenvalue weighted by atomic mass is 10.1. The van der Waals surface area contributed by atoms with E-state index in [-0.39, 0.29) is 6.61 Å². The third-order valence-corrected chi connectivity index (χ3v) is 3.91. The van der Waals surface area contributed by atoms with Crippen LogP contribution in [0.1, 0.15) is 16.7 Å². The van der Waals surface area contributed by atoms with Crippen molar-refractivity contribution in [1.82, 2.24) is 0 Å². The maximum atomic E-state index is 11.7. The minimum absolute atomic E-state index is 0.139. The summed E-state index contributed by atoms with van der Waals surface area (Å²) in [5.41, 5.74) is 1.94. The molecule has 5 heteroatoms. The van der Waals surface area contributed by atoms with Crippen molar-refractivity contribution in [3.8, 4) is 11.8 Å². The van der Waals surface area contributed by atoms with Crippen LogP contribution in [0, 0.1) is 18.3 Å². The maximum Gasteiger partial charge on any atom is 0.336 e. The highest BCUT2D eigenvalue weighted by atomic mass is 35.5. The lowest BCUT2D eigenvalue weighted by Crippen LogP contribution is -2.05. The van der Waals surface area contributed by atoms with Gasteiger partial charge in [0.15, 0.2) is 0 Å². The van der Waals surface area contributed by atoms with Gasteiger partial charge in [-0.1, -0.05) is 23.7 Å². The van der Waals surface area contributed by atoms with Crippen molar-refractivity contribution in [2.75, 3.05) is 0 Å². The van der Waals surface area contributed by atoms with E-state index in [1.807, 2.05) is 6.92 Å². The normalized spacial score (nSPS) is 10.5. The number of rotatable bonds is 3. The number of para-hydroxylation sites is 1. The number of hydrogen-bond acceptors (Lipinski definition) is 4. The highest BCUT2D eigenvalue weighted by Crippen LogP contribution is 2.26.